The second-order valence-corrected chi connectivity index (χ2v) is 9.74. The van der Waals surface area contributed by atoms with Gasteiger partial charge in [-0.1, -0.05) is 6.07 Å². The van der Waals surface area contributed by atoms with Crippen molar-refractivity contribution in [3.63, 3.8) is 0 Å². The molecule has 1 saturated carbocycles. The summed E-state index contributed by atoms with van der Waals surface area (Å²) in [6.45, 7) is 5.63. The number of anilines is 1. The molecule has 1 aliphatic carbocycles. The first-order valence-electron chi connectivity index (χ1n) is 12.5. The Hall–Kier alpha value is -2.75. The van der Waals surface area contributed by atoms with E-state index in [4.69, 9.17) is 14.7 Å². The zero-order valence-corrected chi connectivity index (χ0v) is 20.8. The first-order valence-corrected chi connectivity index (χ1v) is 12.5. The van der Waals surface area contributed by atoms with Gasteiger partial charge < -0.3 is 24.6 Å². The molecule has 2 aliphatic rings. The predicted molar refractivity (Wildman–Crippen MR) is 137 cm³/mol. The SMILES string of the molecule is COc1ccc(CCN(C)C2C3CCC2CN(CCCNc2ccc(C#N)cc2)C3)cc1OC. The maximum Gasteiger partial charge on any atom is 0.160 e. The third-order valence-corrected chi connectivity index (χ3v) is 7.56. The fourth-order valence-electron chi connectivity index (χ4n) is 5.88. The molecule has 34 heavy (non-hydrogen) atoms. The van der Waals surface area contributed by atoms with E-state index in [1.165, 1.54) is 31.5 Å². The number of nitrogens with zero attached hydrogens (tertiary/aromatic N) is 3. The molecule has 6 heteroatoms. The van der Waals surface area contributed by atoms with Crippen LogP contribution < -0.4 is 14.8 Å². The number of likely N-dealkylation sites (tertiary alicyclic amines) is 1. The van der Waals surface area contributed by atoms with Gasteiger partial charge in [0.05, 0.1) is 25.9 Å². The molecule has 182 valence electrons. The fourth-order valence-corrected chi connectivity index (χ4v) is 5.88. The van der Waals surface area contributed by atoms with Crippen LogP contribution >= 0.6 is 0 Å². The lowest BCUT2D eigenvalue weighted by molar-refractivity contribution is 0.0626. The van der Waals surface area contributed by atoms with E-state index in [9.17, 15) is 0 Å². The summed E-state index contributed by atoms with van der Waals surface area (Å²) in [5, 5.41) is 12.4. The van der Waals surface area contributed by atoms with Crippen molar-refractivity contribution in [1.29, 1.82) is 5.26 Å². The molecule has 2 atom stereocenters. The van der Waals surface area contributed by atoms with Crippen LogP contribution in [0.4, 0.5) is 5.69 Å². The molecule has 1 aliphatic heterocycles. The van der Waals surface area contributed by atoms with Crippen LogP contribution in [-0.4, -0.2) is 69.8 Å². The van der Waals surface area contributed by atoms with Crippen LogP contribution in [0.3, 0.4) is 0 Å². The van der Waals surface area contributed by atoms with Crippen molar-refractivity contribution in [2.24, 2.45) is 11.8 Å². The number of rotatable bonds is 11. The highest BCUT2D eigenvalue weighted by molar-refractivity contribution is 5.47. The molecular formula is C28H38N4O2. The van der Waals surface area contributed by atoms with Gasteiger partial charge in [0.2, 0.25) is 0 Å². The number of likely N-dealkylation sites (N-methyl/N-ethyl adjacent to an activating group) is 1. The van der Waals surface area contributed by atoms with Crippen molar-refractivity contribution >= 4 is 5.69 Å². The average Bonchev–Trinajstić information content (AvgIpc) is 3.15. The lowest BCUT2D eigenvalue weighted by Gasteiger charge is -2.42. The second-order valence-electron chi connectivity index (χ2n) is 9.74. The Morgan fingerprint density at radius 2 is 1.74 bits per heavy atom. The number of benzene rings is 2. The van der Waals surface area contributed by atoms with Crippen LogP contribution in [0.5, 0.6) is 11.5 Å². The molecular weight excluding hydrogens is 424 g/mol. The first kappa shape index (κ1) is 24.4. The number of nitrogens with one attached hydrogen (secondary N) is 1. The Morgan fingerprint density at radius 3 is 2.38 bits per heavy atom. The monoisotopic (exact) mass is 462 g/mol. The van der Waals surface area contributed by atoms with E-state index in [1.54, 1.807) is 14.2 Å². The van der Waals surface area contributed by atoms with Crippen molar-refractivity contribution in [3.05, 3.63) is 53.6 Å². The zero-order valence-electron chi connectivity index (χ0n) is 20.8. The number of hydrogen-bond donors (Lipinski definition) is 1. The van der Waals surface area contributed by atoms with Crippen molar-refractivity contribution < 1.29 is 9.47 Å². The van der Waals surface area contributed by atoms with Gasteiger partial charge in [-0.2, -0.15) is 5.26 Å². The molecule has 2 aromatic carbocycles. The summed E-state index contributed by atoms with van der Waals surface area (Å²) < 4.78 is 10.8. The predicted octanol–water partition coefficient (Wildman–Crippen LogP) is 4.26. The molecule has 2 aromatic rings. The normalized spacial score (nSPS) is 21.9. The Balaban J connectivity index is 1.21. The van der Waals surface area contributed by atoms with E-state index in [2.05, 4.69) is 40.4 Å². The van der Waals surface area contributed by atoms with E-state index >= 15 is 0 Å². The van der Waals surface area contributed by atoms with Crippen molar-refractivity contribution in [1.82, 2.24) is 9.80 Å². The first-order chi connectivity index (χ1) is 16.6. The van der Waals surface area contributed by atoms with Crippen LogP contribution in [0, 0.1) is 23.2 Å². The largest absolute Gasteiger partial charge is 0.493 e. The van der Waals surface area contributed by atoms with Crippen LogP contribution in [-0.2, 0) is 6.42 Å². The molecule has 2 fully saturated rings. The number of fused-ring (bicyclic) bond motifs is 2. The highest BCUT2D eigenvalue weighted by Crippen LogP contribution is 2.39. The summed E-state index contributed by atoms with van der Waals surface area (Å²) >= 11 is 0. The lowest BCUT2D eigenvalue weighted by atomic mass is 9.90. The van der Waals surface area contributed by atoms with E-state index in [-0.39, 0.29) is 0 Å². The maximum absolute atomic E-state index is 8.92. The van der Waals surface area contributed by atoms with Gasteiger partial charge in [0.1, 0.15) is 0 Å². The molecule has 1 heterocycles. The Morgan fingerprint density at radius 1 is 1.03 bits per heavy atom. The Bertz CT molecular complexity index is 957. The fraction of sp³-hybridized carbons (Fsp3) is 0.536. The van der Waals surface area contributed by atoms with Crippen LogP contribution in [0.15, 0.2) is 42.5 Å². The molecule has 6 nitrogen and oxygen atoms in total. The molecule has 0 amide bonds. The molecule has 1 saturated heterocycles. The van der Waals surface area contributed by atoms with E-state index < -0.39 is 0 Å². The van der Waals surface area contributed by atoms with Crippen molar-refractivity contribution in [2.75, 3.05) is 59.3 Å². The van der Waals surface area contributed by atoms with Gasteiger partial charge in [-0.15, -0.1) is 0 Å². The number of nitriles is 1. The number of piperidine rings is 1. The topological polar surface area (TPSA) is 60.8 Å². The highest BCUT2D eigenvalue weighted by Gasteiger charge is 2.43. The summed E-state index contributed by atoms with van der Waals surface area (Å²) in [6.07, 6.45) is 4.88. The Labute approximate surface area is 204 Å². The van der Waals surface area contributed by atoms with E-state index in [1.807, 2.05) is 30.3 Å². The zero-order chi connectivity index (χ0) is 23.9. The number of methoxy groups -OCH3 is 2. The maximum atomic E-state index is 8.92. The van der Waals surface area contributed by atoms with Gasteiger partial charge in [0.15, 0.2) is 11.5 Å². The van der Waals surface area contributed by atoms with Crippen LogP contribution in [0.1, 0.15) is 30.4 Å². The van der Waals surface area contributed by atoms with Crippen LogP contribution in [0.25, 0.3) is 0 Å². The molecule has 2 bridgehead atoms. The van der Waals surface area contributed by atoms with Gasteiger partial charge in [-0.3, -0.25) is 0 Å². The van der Waals surface area contributed by atoms with Gasteiger partial charge in [-0.25, -0.2) is 0 Å². The molecule has 4 rings (SSSR count). The van der Waals surface area contributed by atoms with E-state index in [0.717, 1.165) is 61.5 Å². The summed E-state index contributed by atoms with van der Waals surface area (Å²) in [5.41, 5.74) is 3.09. The molecule has 1 N–H and O–H groups in total. The minimum Gasteiger partial charge on any atom is -0.493 e. The number of hydrogen-bond acceptors (Lipinski definition) is 6. The van der Waals surface area contributed by atoms with Gasteiger partial charge in [0, 0.05) is 37.9 Å². The van der Waals surface area contributed by atoms with Gasteiger partial charge in [0.25, 0.3) is 0 Å². The van der Waals surface area contributed by atoms with Crippen molar-refractivity contribution in [3.8, 4) is 17.6 Å². The van der Waals surface area contributed by atoms with Gasteiger partial charge in [-0.05, 0) is 93.1 Å². The third kappa shape index (κ3) is 5.84. The quantitative estimate of drug-likeness (QED) is 0.504. The van der Waals surface area contributed by atoms with Crippen LogP contribution in [0.2, 0.25) is 0 Å². The smallest absolute Gasteiger partial charge is 0.160 e. The summed E-state index contributed by atoms with van der Waals surface area (Å²) in [6, 6.07) is 16.8. The minimum atomic E-state index is 0.702. The third-order valence-electron chi connectivity index (χ3n) is 7.56. The average molecular weight is 463 g/mol. The van der Waals surface area contributed by atoms with Crippen molar-refractivity contribution in [2.45, 2.75) is 31.7 Å². The standard InChI is InChI=1S/C28H38N4O2/c1-31(16-13-21-7-12-26(33-2)27(17-21)34-3)28-23-8-9-24(28)20-32(19-23)15-4-14-30-25-10-5-22(18-29)6-11-25/h5-7,10-12,17,23-24,28,30H,4,8-9,13-16,19-20H2,1-3H3. The highest BCUT2D eigenvalue weighted by atomic mass is 16.5. The number of ether oxygens (including phenoxy) is 2. The van der Waals surface area contributed by atoms with E-state index in [0.29, 0.717) is 11.6 Å². The summed E-state index contributed by atoms with van der Waals surface area (Å²) in [4.78, 5) is 5.30. The lowest BCUT2D eigenvalue weighted by Crippen LogP contribution is -2.52. The Kier molecular flexibility index (Phi) is 8.31. The summed E-state index contributed by atoms with van der Waals surface area (Å²) in [5.74, 6) is 3.16. The molecule has 0 aromatic heterocycles. The molecule has 2 unspecified atom stereocenters. The van der Waals surface area contributed by atoms with Gasteiger partial charge >= 0.3 is 0 Å². The molecule has 0 spiro atoms. The second kappa shape index (κ2) is 11.6. The minimum absolute atomic E-state index is 0.702. The summed E-state index contributed by atoms with van der Waals surface area (Å²) in [7, 11) is 5.69. The molecule has 0 radical (unpaired) electrons.